The number of ketones is 1. The number of rotatable bonds is 3. The smallest absolute Gasteiger partial charge is 0.328 e. The average molecular weight is 273 g/mol. The molecule has 0 radical (unpaired) electrons. The first-order valence-corrected chi connectivity index (χ1v) is 7.46. The van der Waals surface area contributed by atoms with E-state index < -0.39 is 22.7 Å². The van der Waals surface area contributed by atoms with Gasteiger partial charge in [-0.3, -0.25) is 9.59 Å². The van der Waals surface area contributed by atoms with Crippen LogP contribution in [0.4, 0.5) is 0 Å². The van der Waals surface area contributed by atoms with Crippen LogP contribution >= 0.6 is 0 Å². The molecule has 0 spiro atoms. The number of nitriles is 1. The molecule has 2 fully saturated rings. The van der Waals surface area contributed by atoms with Crippen LogP contribution in [-0.2, 0) is 14.3 Å². The molecule has 0 N–H and O–H groups in total. The molecule has 3 aliphatic rings. The summed E-state index contributed by atoms with van der Waals surface area (Å²) in [5.74, 6) is -0.887. The summed E-state index contributed by atoms with van der Waals surface area (Å²) in [4.78, 5) is 24.5. The zero-order chi connectivity index (χ0) is 14.4. The first-order valence-electron chi connectivity index (χ1n) is 7.46. The van der Waals surface area contributed by atoms with E-state index >= 15 is 0 Å². The Morgan fingerprint density at radius 2 is 2.30 bits per heavy atom. The molecule has 0 aromatic heterocycles. The number of carbonyl (C=O) groups excluding carboxylic acids is 2. The van der Waals surface area contributed by atoms with Crippen LogP contribution in [-0.4, -0.2) is 18.4 Å². The van der Waals surface area contributed by atoms with Gasteiger partial charge in [0, 0.05) is 11.8 Å². The molecule has 0 saturated heterocycles. The van der Waals surface area contributed by atoms with Crippen LogP contribution in [0.25, 0.3) is 0 Å². The van der Waals surface area contributed by atoms with Gasteiger partial charge in [-0.05, 0) is 39.0 Å². The molecule has 106 valence electrons. The molecule has 3 atom stereocenters. The van der Waals surface area contributed by atoms with Gasteiger partial charge in [0.25, 0.3) is 0 Å². The van der Waals surface area contributed by atoms with Crippen molar-refractivity contribution in [1.29, 1.82) is 5.26 Å². The van der Waals surface area contributed by atoms with Gasteiger partial charge < -0.3 is 4.74 Å². The molecule has 3 aliphatic carbocycles. The minimum absolute atomic E-state index is 0.0612. The molecule has 4 heteroatoms. The molecule has 0 aliphatic heterocycles. The lowest BCUT2D eigenvalue weighted by Crippen LogP contribution is -2.29. The molecule has 0 heterocycles. The number of hydrogen-bond donors (Lipinski definition) is 0. The molecule has 0 aromatic carbocycles. The Hall–Kier alpha value is -1.63. The van der Waals surface area contributed by atoms with Crippen molar-refractivity contribution in [3.8, 4) is 6.07 Å². The van der Waals surface area contributed by atoms with Crippen molar-refractivity contribution in [3.05, 3.63) is 11.6 Å². The number of fused-ring (bicyclic) bond motifs is 1. The van der Waals surface area contributed by atoms with E-state index in [-0.39, 0.29) is 12.4 Å². The maximum atomic E-state index is 12.3. The van der Waals surface area contributed by atoms with Gasteiger partial charge in [-0.25, -0.2) is 0 Å². The molecular formula is C16H19NO3. The van der Waals surface area contributed by atoms with E-state index in [1.165, 1.54) is 0 Å². The Kier molecular flexibility index (Phi) is 2.97. The SMILES string of the molecule is CCOC(=O)C1(C#N)C2C(=O)CCC21C1=CCCCC1. The molecule has 2 saturated carbocycles. The number of nitrogens with zero attached hydrogens (tertiary/aromatic N) is 1. The predicted octanol–water partition coefficient (Wildman–Crippen LogP) is 2.54. The molecule has 0 aromatic rings. The lowest BCUT2D eigenvalue weighted by Gasteiger charge is -2.24. The summed E-state index contributed by atoms with van der Waals surface area (Å²) in [7, 11) is 0. The lowest BCUT2D eigenvalue weighted by atomic mass is 9.79. The number of Topliss-reactive ketones (excluding diaryl/α,β-unsaturated/α-hetero) is 1. The predicted molar refractivity (Wildman–Crippen MR) is 71.4 cm³/mol. The van der Waals surface area contributed by atoms with Crippen molar-refractivity contribution in [1.82, 2.24) is 0 Å². The normalized spacial score (nSPS) is 38.7. The average Bonchev–Trinajstić information content (AvgIpc) is 2.96. The highest BCUT2D eigenvalue weighted by atomic mass is 16.5. The van der Waals surface area contributed by atoms with Crippen molar-refractivity contribution in [2.45, 2.75) is 45.4 Å². The number of hydrogen-bond acceptors (Lipinski definition) is 4. The second-order valence-corrected chi connectivity index (χ2v) is 5.99. The van der Waals surface area contributed by atoms with Crippen LogP contribution < -0.4 is 0 Å². The summed E-state index contributed by atoms with van der Waals surface area (Å²) in [6.07, 6.45) is 7.41. The Morgan fingerprint density at radius 3 is 2.90 bits per heavy atom. The van der Waals surface area contributed by atoms with Gasteiger partial charge in [-0.15, -0.1) is 0 Å². The summed E-state index contributed by atoms with van der Waals surface area (Å²) in [5.41, 5.74) is -0.610. The van der Waals surface area contributed by atoms with E-state index in [9.17, 15) is 14.9 Å². The Morgan fingerprint density at radius 1 is 1.50 bits per heavy atom. The summed E-state index contributed by atoms with van der Waals surface area (Å²) in [5, 5.41) is 9.64. The van der Waals surface area contributed by atoms with Gasteiger partial charge in [-0.2, -0.15) is 5.26 Å². The molecular weight excluding hydrogens is 254 g/mol. The first-order chi connectivity index (χ1) is 9.65. The van der Waals surface area contributed by atoms with E-state index in [1.807, 2.05) is 0 Å². The van der Waals surface area contributed by atoms with E-state index in [1.54, 1.807) is 6.92 Å². The van der Waals surface area contributed by atoms with Crippen LogP contribution in [0.15, 0.2) is 11.6 Å². The number of ether oxygens (including phenoxy) is 1. The topological polar surface area (TPSA) is 67.2 Å². The van der Waals surface area contributed by atoms with Gasteiger partial charge in [0.1, 0.15) is 5.78 Å². The fraction of sp³-hybridized carbons (Fsp3) is 0.688. The van der Waals surface area contributed by atoms with Crippen LogP contribution in [0.3, 0.4) is 0 Å². The fourth-order valence-corrected chi connectivity index (χ4v) is 4.45. The summed E-state index contributed by atoms with van der Waals surface area (Å²) >= 11 is 0. The highest BCUT2D eigenvalue weighted by Crippen LogP contribution is 2.79. The third kappa shape index (κ3) is 1.36. The zero-order valence-electron chi connectivity index (χ0n) is 11.8. The standard InChI is InChI=1S/C16H19NO3/c1-2-20-14(19)16(10-17)13-12(18)8-9-15(13,16)11-6-4-3-5-7-11/h6,13H,2-5,7-9H2,1H3. The molecule has 0 bridgehead atoms. The van der Waals surface area contributed by atoms with Crippen molar-refractivity contribution in [2.75, 3.05) is 6.61 Å². The highest BCUT2D eigenvalue weighted by molar-refractivity contribution is 6.03. The first kappa shape index (κ1) is 13.4. The summed E-state index contributed by atoms with van der Waals surface area (Å²) in [6, 6.07) is 2.17. The van der Waals surface area contributed by atoms with Crippen molar-refractivity contribution >= 4 is 11.8 Å². The molecule has 20 heavy (non-hydrogen) atoms. The largest absolute Gasteiger partial charge is 0.465 e. The van der Waals surface area contributed by atoms with Crippen molar-refractivity contribution < 1.29 is 14.3 Å². The van der Waals surface area contributed by atoms with Crippen LogP contribution in [0.1, 0.15) is 45.4 Å². The monoisotopic (exact) mass is 273 g/mol. The summed E-state index contributed by atoms with van der Waals surface area (Å²) in [6.45, 7) is 1.98. The second kappa shape index (κ2) is 4.44. The van der Waals surface area contributed by atoms with E-state index in [0.29, 0.717) is 12.8 Å². The maximum absolute atomic E-state index is 12.3. The number of esters is 1. The van der Waals surface area contributed by atoms with Crippen LogP contribution in [0, 0.1) is 28.1 Å². The molecule has 4 nitrogen and oxygen atoms in total. The third-order valence-corrected chi connectivity index (χ3v) is 5.27. The fourth-order valence-electron chi connectivity index (χ4n) is 4.45. The van der Waals surface area contributed by atoms with E-state index in [2.05, 4.69) is 12.1 Å². The Balaban J connectivity index is 2.04. The Labute approximate surface area is 118 Å². The zero-order valence-corrected chi connectivity index (χ0v) is 11.8. The maximum Gasteiger partial charge on any atom is 0.328 e. The van der Waals surface area contributed by atoms with Crippen LogP contribution in [0.5, 0.6) is 0 Å². The van der Waals surface area contributed by atoms with Crippen molar-refractivity contribution in [2.24, 2.45) is 16.7 Å². The number of carbonyl (C=O) groups is 2. The van der Waals surface area contributed by atoms with Gasteiger partial charge in [0.05, 0.1) is 18.6 Å². The molecule has 3 rings (SSSR count). The third-order valence-electron chi connectivity index (χ3n) is 5.27. The molecule has 3 unspecified atom stereocenters. The minimum atomic E-state index is -1.23. The van der Waals surface area contributed by atoms with Crippen molar-refractivity contribution in [3.63, 3.8) is 0 Å². The van der Waals surface area contributed by atoms with Gasteiger partial charge in [-0.1, -0.05) is 11.6 Å². The quantitative estimate of drug-likeness (QED) is 0.585. The Bertz CT molecular complexity index is 544. The highest BCUT2D eigenvalue weighted by Gasteiger charge is 2.87. The minimum Gasteiger partial charge on any atom is -0.465 e. The van der Waals surface area contributed by atoms with Gasteiger partial charge in [0.2, 0.25) is 0 Å². The second-order valence-electron chi connectivity index (χ2n) is 5.99. The van der Waals surface area contributed by atoms with E-state index in [0.717, 1.165) is 31.3 Å². The number of allylic oxidation sites excluding steroid dienone is 2. The lowest BCUT2D eigenvalue weighted by molar-refractivity contribution is -0.150. The van der Waals surface area contributed by atoms with Gasteiger partial charge in [0.15, 0.2) is 5.41 Å². The van der Waals surface area contributed by atoms with Gasteiger partial charge >= 0.3 is 5.97 Å². The molecule has 0 amide bonds. The summed E-state index contributed by atoms with van der Waals surface area (Å²) < 4.78 is 5.12. The van der Waals surface area contributed by atoms with E-state index in [4.69, 9.17) is 4.74 Å². The van der Waals surface area contributed by atoms with Crippen LogP contribution in [0.2, 0.25) is 0 Å².